The first-order valence-corrected chi connectivity index (χ1v) is 21.7. The molecule has 1 aliphatic heterocycles. The minimum absolute atomic E-state index is 0.000620. The average molecular weight is 863 g/mol. The van der Waals surface area contributed by atoms with Crippen LogP contribution in [0.2, 0.25) is 0 Å². The van der Waals surface area contributed by atoms with Gasteiger partial charge in [0.2, 0.25) is 17.6 Å². The number of nitrogens with zero attached hydrogens (tertiary/aromatic N) is 5. The van der Waals surface area contributed by atoms with Gasteiger partial charge in [-0.3, -0.25) is 14.4 Å². The quantitative estimate of drug-likeness (QED) is 0.114. The molecule has 2 saturated carbocycles. The van der Waals surface area contributed by atoms with Gasteiger partial charge in [0.15, 0.2) is 0 Å². The minimum Gasteiger partial charge on any atom is -0.444 e. The molecule has 1 saturated heterocycles. The van der Waals surface area contributed by atoms with Crippen LogP contribution in [0.25, 0.3) is 22.5 Å². The van der Waals surface area contributed by atoms with Crippen molar-refractivity contribution in [3.63, 3.8) is 0 Å². The van der Waals surface area contributed by atoms with E-state index < -0.39 is 23.3 Å². The Labute approximate surface area is 367 Å². The molecule has 63 heavy (non-hydrogen) atoms. The fourth-order valence-electron chi connectivity index (χ4n) is 8.38. The lowest BCUT2D eigenvalue weighted by Gasteiger charge is -2.29. The standard InChI is InChI=1S/C46H58N10O7/c1-26-33(20-21-36(48-26)41(58)51-38-34-24-56(25-35(34)38)44(61)63-46(5,6)7)29-12-8-27(9-13-29)22-37(42(59)49-32-18-16-30(17-19-32)39-52-54-55-53-39)50-40(57)31-14-10-28(11-15-31)23-47-43(60)62-45(2,3)4/h8-9,12-13,16-21,28,31,34-35,37-38H,10-11,14-15,22-25H2,1-7H3,(H,47,60)(H,49,59)(H,50,57)(H,51,58)(H,52,53,54,55)/t28?,31?,34?,35?,37-,38?/m0/s1. The van der Waals surface area contributed by atoms with Gasteiger partial charge in [-0.15, -0.1) is 10.2 Å². The third-order valence-electron chi connectivity index (χ3n) is 11.7. The fraction of sp³-hybridized carbons (Fsp3) is 0.500. The van der Waals surface area contributed by atoms with Crippen LogP contribution in [0.4, 0.5) is 15.3 Å². The average Bonchev–Trinajstić information content (AvgIpc) is 3.59. The molecule has 2 aliphatic carbocycles. The zero-order chi connectivity index (χ0) is 45.1. The molecule has 0 spiro atoms. The lowest BCUT2D eigenvalue weighted by Crippen LogP contribution is -2.48. The highest BCUT2D eigenvalue weighted by molar-refractivity contribution is 5.98. The molecule has 17 heteroatoms. The van der Waals surface area contributed by atoms with E-state index in [0.717, 1.165) is 35.1 Å². The van der Waals surface area contributed by atoms with Crippen molar-refractivity contribution in [1.82, 2.24) is 46.5 Å². The Morgan fingerprint density at radius 2 is 1.48 bits per heavy atom. The summed E-state index contributed by atoms with van der Waals surface area (Å²) in [5.41, 5.74) is 3.72. The number of pyridine rings is 1. The summed E-state index contributed by atoms with van der Waals surface area (Å²) >= 11 is 0. The van der Waals surface area contributed by atoms with Gasteiger partial charge < -0.3 is 35.6 Å². The van der Waals surface area contributed by atoms with Crippen LogP contribution in [0.5, 0.6) is 0 Å². The highest BCUT2D eigenvalue weighted by Crippen LogP contribution is 2.46. The summed E-state index contributed by atoms with van der Waals surface area (Å²) in [5, 5.41) is 26.0. The van der Waals surface area contributed by atoms with E-state index in [1.807, 2.05) is 78.8 Å². The zero-order valence-electron chi connectivity index (χ0n) is 37.0. The maximum atomic E-state index is 13.9. The molecule has 2 unspecified atom stereocenters. The number of tetrazole rings is 1. The Morgan fingerprint density at radius 3 is 2.08 bits per heavy atom. The highest BCUT2D eigenvalue weighted by atomic mass is 16.6. The molecule has 3 fully saturated rings. The number of anilines is 1. The maximum Gasteiger partial charge on any atom is 0.410 e. The first kappa shape index (κ1) is 44.7. The number of benzene rings is 2. The van der Waals surface area contributed by atoms with E-state index in [0.29, 0.717) is 55.4 Å². The molecular weight excluding hydrogens is 805 g/mol. The van der Waals surface area contributed by atoms with Gasteiger partial charge in [-0.05, 0) is 127 Å². The summed E-state index contributed by atoms with van der Waals surface area (Å²) < 4.78 is 10.9. The predicted octanol–water partition coefficient (Wildman–Crippen LogP) is 5.83. The predicted molar refractivity (Wildman–Crippen MR) is 234 cm³/mol. The van der Waals surface area contributed by atoms with Crippen LogP contribution in [0.15, 0.2) is 60.7 Å². The second-order valence-electron chi connectivity index (χ2n) is 18.9. The lowest BCUT2D eigenvalue weighted by atomic mass is 9.81. The second-order valence-corrected chi connectivity index (χ2v) is 18.9. The Morgan fingerprint density at radius 1 is 0.825 bits per heavy atom. The number of carbonyl (C=O) groups excluding carboxylic acids is 5. The number of hydrogen-bond donors (Lipinski definition) is 5. The number of amides is 5. The van der Waals surface area contributed by atoms with Gasteiger partial charge in [-0.1, -0.05) is 30.3 Å². The SMILES string of the molecule is Cc1nc(C(=O)NC2C3CN(C(=O)OC(C)(C)C)CC32)ccc1-c1ccc(C[C@H](NC(=O)C2CCC(CNC(=O)OC(C)(C)C)CC2)C(=O)Nc2ccc(-c3nn[nH]n3)cc2)cc1. The normalized spacial score (nSPS) is 21.1. The van der Waals surface area contributed by atoms with Crippen LogP contribution in [-0.2, 0) is 25.5 Å². The number of rotatable bonds is 12. The number of aromatic nitrogens is 5. The number of likely N-dealkylation sites (tertiary alicyclic amines) is 1. The number of fused-ring (bicyclic) bond motifs is 1. The summed E-state index contributed by atoms with van der Waals surface area (Å²) in [6, 6.07) is 17.5. The van der Waals surface area contributed by atoms with Crippen LogP contribution in [0.3, 0.4) is 0 Å². The van der Waals surface area contributed by atoms with E-state index in [4.69, 9.17) is 9.47 Å². The molecule has 2 aromatic heterocycles. The van der Waals surface area contributed by atoms with Gasteiger partial charge in [-0.2, -0.15) is 5.21 Å². The Kier molecular flexibility index (Phi) is 13.1. The van der Waals surface area contributed by atoms with Gasteiger partial charge in [0.1, 0.15) is 22.9 Å². The minimum atomic E-state index is -0.876. The summed E-state index contributed by atoms with van der Waals surface area (Å²) in [5.74, 6) is -0.00315. The number of hydrogen-bond acceptors (Lipinski definition) is 11. The van der Waals surface area contributed by atoms with E-state index in [-0.39, 0.29) is 59.9 Å². The lowest BCUT2D eigenvalue weighted by molar-refractivity contribution is -0.130. The number of aromatic amines is 1. The van der Waals surface area contributed by atoms with Crippen LogP contribution >= 0.6 is 0 Å². The number of H-pyrrole nitrogens is 1. The molecule has 4 aromatic rings. The van der Waals surface area contributed by atoms with Crippen molar-refractivity contribution >= 4 is 35.6 Å². The second kappa shape index (κ2) is 18.5. The highest BCUT2D eigenvalue weighted by Gasteiger charge is 2.58. The van der Waals surface area contributed by atoms with Crippen molar-refractivity contribution in [3.8, 4) is 22.5 Å². The molecule has 5 amide bonds. The molecule has 3 heterocycles. The summed E-state index contributed by atoms with van der Waals surface area (Å²) in [4.78, 5) is 71.9. The van der Waals surface area contributed by atoms with Gasteiger partial charge in [0.25, 0.3) is 5.91 Å². The van der Waals surface area contributed by atoms with Crippen molar-refractivity contribution in [3.05, 3.63) is 77.6 Å². The van der Waals surface area contributed by atoms with E-state index in [1.54, 1.807) is 35.2 Å². The Balaban J connectivity index is 0.962. The molecule has 0 radical (unpaired) electrons. The third kappa shape index (κ3) is 11.8. The number of nitrogens with one attached hydrogen (secondary N) is 5. The van der Waals surface area contributed by atoms with Crippen molar-refractivity contribution in [2.45, 2.75) is 104 Å². The summed E-state index contributed by atoms with van der Waals surface area (Å²) in [6.45, 7) is 14.4. The first-order valence-electron chi connectivity index (χ1n) is 21.7. The van der Waals surface area contributed by atoms with E-state index >= 15 is 0 Å². The number of alkyl carbamates (subject to hydrolysis) is 1. The zero-order valence-corrected chi connectivity index (χ0v) is 37.0. The molecule has 17 nitrogen and oxygen atoms in total. The number of piperidine rings is 1. The molecule has 2 aromatic carbocycles. The molecule has 334 valence electrons. The van der Waals surface area contributed by atoms with Crippen molar-refractivity contribution in [2.24, 2.45) is 23.7 Å². The smallest absolute Gasteiger partial charge is 0.410 e. The maximum absolute atomic E-state index is 13.9. The van der Waals surface area contributed by atoms with Crippen LogP contribution in [0.1, 0.15) is 89.0 Å². The monoisotopic (exact) mass is 862 g/mol. The van der Waals surface area contributed by atoms with Crippen LogP contribution in [0, 0.1) is 30.6 Å². The van der Waals surface area contributed by atoms with Crippen molar-refractivity contribution < 1.29 is 33.4 Å². The van der Waals surface area contributed by atoms with Gasteiger partial charge in [0, 0.05) is 72.4 Å². The van der Waals surface area contributed by atoms with Crippen LogP contribution in [-0.4, -0.2) is 103 Å². The van der Waals surface area contributed by atoms with E-state index in [9.17, 15) is 24.0 Å². The van der Waals surface area contributed by atoms with E-state index in [1.165, 1.54) is 0 Å². The number of aryl methyl sites for hydroxylation is 1. The van der Waals surface area contributed by atoms with Crippen molar-refractivity contribution in [1.29, 1.82) is 0 Å². The summed E-state index contributed by atoms with van der Waals surface area (Å²) in [6.07, 6.45) is 2.26. The van der Waals surface area contributed by atoms with Gasteiger partial charge in [0.05, 0.1) is 0 Å². The molecule has 3 atom stereocenters. The van der Waals surface area contributed by atoms with Crippen LogP contribution < -0.4 is 21.3 Å². The van der Waals surface area contributed by atoms with Crippen molar-refractivity contribution in [2.75, 3.05) is 25.0 Å². The molecule has 3 aliphatic rings. The largest absolute Gasteiger partial charge is 0.444 e. The molecule has 7 rings (SSSR count). The Bertz CT molecular complexity index is 2270. The molecular formula is C46H58N10O7. The molecule has 5 N–H and O–H groups in total. The first-order chi connectivity index (χ1) is 29.9. The third-order valence-corrected chi connectivity index (χ3v) is 11.7. The van der Waals surface area contributed by atoms with Gasteiger partial charge in [-0.25, -0.2) is 14.6 Å². The van der Waals surface area contributed by atoms with E-state index in [2.05, 4.69) is 46.9 Å². The number of carbonyl (C=O) groups is 5. The van der Waals surface area contributed by atoms with Gasteiger partial charge >= 0.3 is 12.2 Å². The summed E-state index contributed by atoms with van der Waals surface area (Å²) in [7, 11) is 0. The fourth-order valence-corrected chi connectivity index (χ4v) is 8.38. The topological polar surface area (TPSA) is 223 Å². The molecule has 0 bridgehead atoms. The number of ether oxygens (including phenoxy) is 2. The Hall–Kier alpha value is -6.39.